The molecule has 2 heterocycles. The lowest BCUT2D eigenvalue weighted by molar-refractivity contribution is -0.135. The third-order valence-corrected chi connectivity index (χ3v) is 6.91. The van der Waals surface area contributed by atoms with E-state index in [-0.39, 0.29) is 56.0 Å². The van der Waals surface area contributed by atoms with Crippen LogP contribution in [0.2, 0.25) is 0 Å². The molecule has 0 aliphatic carbocycles. The quantitative estimate of drug-likeness (QED) is 0.0914. The topological polar surface area (TPSA) is 393 Å². The molecule has 23 nitrogen and oxygen atoms in total. The molecule has 292 valence electrons. The van der Waals surface area contributed by atoms with Gasteiger partial charge in [0.05, 0.1) is 19.3 Å². The fourth-order valence-corrected chi connectivity index (χ4v) is 4.46. The molecule has 1 fully saturated rings. The summed E-state index contributed by atoms with van der Waals surface area (Å²) in [7, 11) is 0. The van der Waals surface area contributed by atoms with Gasteiger partial charge < -0.3 is 80.8 Å². The molecule has 26 heteroatoms. The number of hydrogen-bond donors (Lipinski definition) is 15. The second-order valence-corrected chi connectivity index (χ2v) is 10.7. The zero-order valence-corrected chi connectivity index (χ0v) is 29.4. The normalized spacial score (nSPS) is 25.9. The number of aliphatic imine (C=N–C) groups is 1. The van der Waals surface area contributed by atoms with Crippen LogP contribution in [0.3, 0.4) is 0 Å². The fourth-order valence-electron chi connectivity index (χ4n) is 4.46. The Labute approximate surface area is 309 Å². The molecule has 0 aromatic carbocycles. The maximum atomic E-state index is 13.6. The van der Waals surface area contributed by atoms with Crippen LogP contribution in [0.1, 0.15) is 25.7 Å². The maximum Gasteiger partial charge on any atom is 0.316 e. The molecule has 2 aliphatic heterocycles. The van der Waals surface area contributed by atoms with Gasteiger partial charge in [0.15, 0.2) is 12.2 Å². The van der Waals surface area contributed by atoms with Crippen LogP contribution in [-0.2, 0) is 28.8 Å². The van der Waals surface area contributed by atoms with Crippen molar-refractivity contribution >= 4 is 84.7 Å². The van der Waals surface area contributed by atoms with Gasteiger partial charge in [-0.3, -0.25) is 28.8 Å². The van der Waals surface area contributed by atoms with Crippen LogP contribution in [0.25, 0.3) is 0 Å². The lowest BCUT2D eigenvalue weighted by Crippen LogP contribution is -2.64. The molecule has 0 unspecified atom stereocenters. The second-order valence-electron chi connectivity index (χ2n) is 10.7. The second kappa shape index (κ2) is 24.0. The highest BCUT2D eigenvalue weighted by molar-refractivity contribution is 6.02. The fraction of sp³-hybridized carbons (Fsp3) is 0.600. The number of aliphatic hydroxyl groups is 3. The van der Waals surface area contributed by atoms with Crippen molar-refractivity contribution in [2.45, 2.75) is 68.2 Å². The summed E-state index contributed by atoms with van der Waals surface area (Å²) in [5.41, 5.74) is 21.5. The first-order chi connectivity index (χ1) is 22.7. The Balaban J connectivity index is 0. The summed E-state index contributed by atoms with van der Waals surface area (Å²) in [4.78, 5) is 94.0. The van der Waals surface area contributed by atoms with E-state index < -0.39 is 109 Å². The molecular weight excluding hydrogens is 749 g/mol. The van der Waals surface area contributed by atoms with Crippen LogP contribution in [0.4, 0.5) is 4.79 Å². The van der Waals surface area contributed by atoms with E-state index in [0.29, 0.717) is 25.6 Å². The first-order valence-corrected chi connectivity index (χ1v) is 14.7. The number of carbonyl (C=O) groups excluding carboxylic acids is 7. The molecule has 0 aromatic rings. The van der Waals surface area contributed by atoms with Crippen molar-refractivity contribution in [1.82, 2.24) is 42.5 Å². The highest BCUT2D eigenvalue weighted by atomic mass is 35.5. The first-order valence-electron chi connectivity index (χ1n) is 14.7. The van der Waals surface area contributed by atoms with E-state index in [1.54, 1.807) is 0 Å². The maximum absolute atomic E-state index is 13.6. The number of nitrogens with zero attached hydrogens (tertiary/aromatic N) is 1. The molecule has 0 saturated carbocycles. The Bertz CT molecular complexity index is 1300. The van der Waals surface area contributed by atoms with Gasteiger partial charge in [-0.15, -0.1) is 37.2 Å². The monoisotopic (exact) mass is 793 g/mol. The van der Waals surface area contributed by atoms with Crippen LogP contribution in [0, 0.1) is 0 Å². The van der Waals surface area contributed by atoms with E-state index in [1.807, 2.05) is 5.32 Å². The molecular formula is C25H46Cl3N13O10. The molecule has 8 amide bonds. The molecule has 7 atom stereocenters. The Morgan fingerprint density at radius 3 is 2.12 bits per heavy atom. The summed E-state index contributed by atoms with van der Waals surface area (Å²) in [5, 5.41) is 47.9. The van der Waals surface area contributed by atoms with E-state index in [4.69, 9.17) is 22.9 Å². The summed E-state index contributed by atoms with van der Waals surface area (Å²) < 4.78 is 0. The third-order valence-electron chi connectivity index (χ3n) is 6.91. The smallest absolute Gasteiger partial charge is 0.316 e. The highest BCUT2D eigenvalue weighted by Crippen LogP contribution is 2.11. The lowest BCUT2D eigenvalue weighted by atomic mass is 10.0. The number of nitrogens with one attached hydrogen (secondary N) is 8. The Hall–Kier alpha value is -4.23. The summed E-state index contributed by atoms with van der Waals surface area (Å²) in [6.07, 6.45) is -0.339. The molecule has 51 heavy (non-hydrogen) atoms. The summed E-state index contributed by atoms with van der Waals surface area (Å²) >= 11 is 0. The van der Waals surface area contributed by atoms with Crippen LogP contribution >= 0.6 is 37.2 Å². The Morgan fingerprint density at radius 1 is 0.941 bits per heavy atom. The SMILES string of the molecule is Cl.Cl.Cl.NCCC[C@H](N)CC(=O)N[C@@H]1CNC(=O)[C@H]([C@H]2C[C@H](O)N=C(N)N2)NC(=O)/C(=C/NC(N)=O)NC(=O)[C@@H](CO)NC(=O)[C@H](CO)NC1=O. The Morgan fingerprint density at radius 2 is 1.55 bits per heavy atom. The number of primary amides is 1. The van der Waals surface area contributed by atoms with E-state index >= 15 is 0 Å². The van der Waals surface area contributed by atoms with E-state index in [9.17, 15) is 48.9 Å². The van der Waals surface area contributed by atoms with Crippen molar-refractivity contribution in [3.8, 4) is 0 Å². The molecule has 0 bridgehead atoms. The first kappa shape index (κ1) is 48.9. The van der Waals surface area contributed by atoms with Crippen molar-refractivity contribution in [3.05, 3.63) is 11.9 Å². The summed E-state index contributed by atoms with van der Waals surface area (Å²) in [5.74, 6) is -6.65. The predicted molar refractivity (Wildman–Crippen MR) is 186 cm³/mol. The standard InChI is InChI=1S/C25H43N13O10.3ClH/c26-3-1-2-10(27)4-16(41)32-12-6-30-23(47)18(11-5-17(42)37-24(28)36-11)38-20(44)13(7-31-25(29)48)33-21(45)14(8-39)35-22(46)15(9-40)34-19(12)43;;;/h7,10-12,14-15,17-18,39-40,42H,1-6,8-9,26-27H2,(H,30,47)(H,32,41)(H,33,45)(H,34,43)(H,35,46)(H,38,44)(H3,28,36,37)(H3,29,31,48);3*1H/b13-7-;;;/t10-,11+,12+,14+,15-,17-,18-;;;/m0.../s1. The zero-order chi connectivity index (χ0) is 36.0. The number of carbonyl (C=O) groups is 7. The molecule has 0 radical (unpaired) electrons. The molecule has 1 saturated heterocycles. The van der Waals surface area contributed by atoms with Gasteiger partial charge in [0.2, 0.25) is 29.5 Å². The minimum atomic E-state index is -1.78. The largest absolute Gasteiger partial charge is 0.394 e. The predicted octanol–water partition coefficient (Wildman–Crippen LogP) is -7.62. The van der Waals surface area contributed by atoms with E-state index in [0.717, 1.165) is 0 Å². The van der Waals surface area contributed by atoms with Gasteiger partial charge in [0.1, 0.15) is 29.9 Å². The number of halogens is 3. The van der Waals surface area contributed by atoms with Gasteiger partial charge in [-0.2, -0.15) is 0 Å². The van der Waals surface area contributed by atoms with Crippen molar-refractivity contribution in [2.75, 3.05) is 26.3 Å². The van der Waals surface area contributed by atoms with Gasteiger partial charge in [-0.1, -0.05) is 0 Å². The van der Waals surface area contributed by atoms with Gasteiger partial charge in [0, 0.05) is 31.6 Å². The Kier molecular flexibility index (Phi) is 23.0. The third kappa shape index (κ3) is 16.1. The molecule has 0 spiro atoms. The number of guanidine groups is 1. The van der Waals surface area contributed by atoms with Crippen molar-refractivity contribution in [2.24, 2.45) is 27.9 Å². The van der Waals surface area contributed by atoms with Gasteiger partial charge in [-0.25, -0.2) is 9.79 Å². The number of urea groups is 1. The minimum absolute atomic E-state index is 0. The summed E-state index contributed by atoms with van der Waals surface area (Å²) in [6.45, 7) is -2.36. The van der Waals surface area contributed by atoms with Crippen LogP contribution in [0.5, 0.6) is 0 Å². The van der Waals surface area contributed by atoms with Gasteiger partial charge in [-0.05, 0) is 19.4 Å². The molecule has 19 N–H and O–H groups in total. The number of amides is 8. The van der Waals surface area contributed by atoms with E-state index in [2.05, 4.69) is 42.2 Å². The van der Waals surface area contributed by atoms with E-state index in [1.165, 1.54) is 0 Å². The number of hydrogen-bond acceptors (Lipinski definition) is 15. The van der Waals surface area contributed by atoms with Crippen molar-refractivity contribution < 1.29 is 48.9 Å². The van der Waals surface area contributed by atoms with Crippen molar-refractivity contribution in [3.63, 3.8) is 0 Å². The van der Waals surface area contributed by atoms with Crippen LogP contribution in [0.15, 0.2) is 16.9 Å². The highest BCUT2D eigenvalue weighted by Gasteiger charge is 2.37. The minimum Gasteiger partial charge on any atom is -0.394 e. The average molecular weight is 795 g/mol. The van der Waals surface area contributed by atoms with Crippen LogP contribution in [-0.4, -0.2) is 132 Å². The zero-order valence-electron chi connectivity index (χ0n) is 27.0. The number of nitrogens with two attached hydrogens (primary N) is 4. The molecule has 2 aliphatic rings. The average Bonchev–Trinajstić information content (AvgIpc) is 3.02. The lowest BCUT2D eigenvalue weighted by Gasteiger charge is -2.33. The number of rotatable bonds is 10. The van der Waals surface area contributed by atoms with Gasteiger partial charge in [0.25, 0.3) is 5.91 Å². The van der Waals surface area contributed by atoms with Gasteiger partial charge >= 0.3 is 6.03 Å². The number of aliphatic hydroxyl groups excluding tert-OH is 3. The molecule has 0 aromatic heterocycles. The summed E-state index contributed by atoms with van der Waals surface area (Å²) in [6, 6.07) is -9.66. The molecule has 2 rings (SSSR count). The van der Waals surface area contributed by atoms with Crippen LogP contribution < -0.4 is 65.5 Å². The van der Waals surface area contributed by atoms with Crippen molar-refractivity contribution in [1.29, 1.82) is 0 Å².